The lowest BCUT2D eigenvalue weighted by Crippen LogP contribution is -2.34. The molecule has 1 amide bonds. The first kappa shape index (κ1) is 17.2. The van der Waals surface area contributed by atoms with E-state index in [0.717, 1.165) is 15.9 Å². The van der Waals surface area contributed by atoms with Crippen molar-refractivity contribution in [3.05, 3.63) is 67.0 Å². The maximum Gasteiger partial charge on any atom is 0.328 e. The summed E-state index contributed by atoms with van der Waals surface area (Å²) in [4.78, 5) is 40.6. The van der Waals surface area contributed by atoms with E-state index in [1.807, 2.05) is 24.4 Å². The summed E-state index contributed by atoms with van der Waals surface area (Å²) in [6.45, 7) is 4.04. The molecule has 0 bridgehead atoms. The Morgan fingerprint density at radius 3 is 2.72 bits per heavy atom. The molecule has 0 spiro atoms. The number of aromatic amines is 1. The molecule has 2 N–H and O–H groups in total. The first-order chi connectivity index (χ1) is 12.0. The molecule has 2 heterocycles. The molecule has 0 saturated heterocycles. The number of hydrogen-bond donors (Lipinski definition) is 2. The molecule has 25 heavy (non-hydrogen) atoms. The van der Waals surface area contributed by atoms with Crippen molar-refractivity contribution in [2.45, 2.75) is 32.9 Å². The lowest BCUT2D eigenvalue weighted by molar-refractivity contribution is 0.0936. The molecule has 2 aromatic heterocycles. The van der Waals surface area contributed by atoms with Crippen LogP contribution >= 0.6 is 11.3 Å². The van der Waals surface area contributed by atoms with Crippen LogP contribution in [-0.2, 0) is 6.54 Å². The number of nitrogens with one attached hydrogen (secondary N) is 2. The van der Waals surface area contributed by atoms with Gasteiger partial charge in [0.05, 0.1) is 16.9 Å². The third-order valence-corrected chi connectivity index (χ3v) is 5.15. The molecule has 0 radical (unpaired) electrons. The van der Waals surface area contributed by atoms with Gasteiger partial charge >= 0.3 is 5.69 Å². The van der Waals surface area contributed by atoms with E-state index in [-0.39, 0.29) is 17.5 Å². The van der Waals surface area contributed by atoms with Crippen LogP contribution in [0.15, 0.2) is 45.3 Å². The number of thiophene rings is 1. The zero-order valence-electron chi connectivity index (χ0n) is 14.0. The van der Waals surface area contributed by atoms with E-state index in [1.54, 1.807) is 36.5 Å². The Morgan fingerprint density at radius 2 is 2.08 bits per heavy atom. The molecule has 6 nitrogen and oxygen atoms in total. The third kappa shape index (κ3) is 3.28. The predicted molar refractivity (Wildman–Crippen MR) is 99.3 cm³/mol. The lowest BCUT2D eigenvalue weighted by atomic mass is 10.1. The van der Waals surface area contributed by atoms with Crippen LogP contribution < -0.4 is 16.6 Å². The topological polar surface area (TPSA) is 84.0 Å². The first-order valence-corrected chi connectivity index (χ1v) is 9.04. The molecule has 0 aliphatic rings. The van der Waals surface area contributed by atoms with Crippen LogP contribution in [0.4, 0.5) is 0 Å². The zero-order valence-corrected chi connectivity index (χ0v) is 14.9. The fourth-order valence-electron chi connectivity index (χ4n) is 2.79. The van der Waals surface area contributed by atoms with Gasteiger partial charge in [-0.15, -0.1) is 11.3 Å². The van der Waals surface area contributed by atoms with Gasteiger partial charge in [0.25, 0.3) is 11.5 Å². The molecule has 0 aliphatic carbocycles. The molecule has 7 heteroatoms. The van der Waals surface area contributed by atoms with Crippen molar-refractivity contribution in [2.24, 2.45) is 0 Å². The number of rotatable bonds is 5. The standard InChI is InChI=1S/C18H19N3O3S/c1-3-13(15-6-5-9-25-15)19-16(22)11-7-8-12-14(10-11)20-18(24)21(4-2)17(12)23/h5-10,13H,3-4H2,1-2H3,(H,19,22)(H,20,24). The van der Waals surface area contributed by atoms with Gasteiger partial charge < -0.3 is 10.3 Å². The van der Waals surface area contributed by atoms with Gasteiger partial charge in [-0.2, -0.15) is 0 Å². The van der Waals surface area contributed by atoms with Gasteiger partial charge in [-0.3, -0.25) is 14.2 Å². The molecule has 1 atom stereocenters. The summed E-state index contributed by atoms with van der Waals surface area (Å²) < 4.78 is 1.13. The van der Waals surface area contributed by atoms with Crippen LogP contribution in [0.1, 0.15) is 41.5 Å². The monoisotopic (exact) mass is 357 g/mol. The second kappa shape index (κ2) is 7.06. The van der Waals surface area contributed by atoms with E-state index in [0.29, 0.717) is 23.0 Å². The number of carbonyl (C=O) groups is 1. The number of hydrogen-bond acceptors (Lipinski definition) is 4. The van der Waals surface area contributed by atoms with E-state index in [9.17, 15) is 14.4 Å². The molecular weight excluding hydrogens is 338 g/mol. The van der Waals surface area contributed by atoms with Gasteiger partial charge in [-0.05, 0) is 43.0 Å². The van der Waals surface area contributed by atoms with E-state index < -0.39 is 5.69 Å². The van der Waals surface area contributed by atoms with E-state index in [4.69, 9.17) is 0 Å². The van der Waals surface area contributed by atoms with Crippen molar-refractivity contribution in [2.75, 3.05) is 0 Å². The smallest absolute Gasteiger partial charge is 0.328 e. The summed E-state index contributed by atoms with van der Waals surface area (Å²) in [5.41, 5.74) is -0.0378. The van der Waals surface area contributed by atoms with Crippen LogP contribution in [0.3, 0.4) is 0 Å². The largest absolute Gasteiger partial charge is 0.344 e. The summed E-state index contributed by atoms with van der Waals surface area (Å²) in [6, 6.07) is 8.63. The summed E-state index contributed by atoms with van der Waals surface area (Å²) >= 11 is 1.60. The lowest BCUT2D eigenvalue weighted by Gasteiger charge is -2.15. The Labute approximate surface area is 148 Å². The minimum absolute atomic E-state index is 0.0599. The Kier molecular flexibility index (Phi) is 4.85. The highest BCUT2D eigenvalue weighted by molar-refractivity contribution is 7.10. The van der Waals surface area contributed by atoms with Crippen molar-refractivity contribution < 1.29 is 4.79 Å². The van der Waals surface area contributed by atoms with Crippen molar-refractivity contribution in [1.82, 2.24) is 14.9 Å². The second-order valence-electron chi connectivity index (χ2n) is 5.69. The molecule has 3 aromatic rings. The molecule has 0 aliphatic heterocycles. The molecule has 0 fully saturated rings. The minimum atomic E-state index is -0.470. The van der Waals surface area contributed by atoms with Gasteiger partial charge in [-0.25, -0.2) is 4.79 Å². The number of nitrogens with zero attached hydrogens (tertiary/aromatic N) is 1. The SMILES string of the molecule is CCC(NC(=O)c1ccc2c(=O)n(CC)c(=O)[nH]c2c1)c1cccs1. The van der Waals surface area contributed by atoms with Crippen LogP contribution in [-0.4, -0.2) is 15.5 Å². The highest BCUT2D eigenvalue weighted by Gasteiger charge is 2.16. The molecule has 130 valence electrons. The number of fused-ring (bicyclic) bond motifs is 1. The van der Waals surface area contributed by atoms with Gasteiger partial charge in [-0.1, -0.05) is 13.0 Å². The zero-order chi connectivity index (χ0) is 18.0. The van der Waals surface area contributed by atoms with Gasteiger partial charge in [0.1, 0.15) is 0 Å². The quantitative estimate of drug-likeness (QED) is 0.736. The van der Waals surface area contributed by atoms with Crippen LogP contribution in [0.2, 0.25) is 0 Å². The molecule has 3 rings (SSSR count). The normalized spacial score (nSPS) is 12.2. The Morgan fingerprint density at radius 1 is 1.28 bits per heavy atom. The Bertz CT molecular complexity index is 1020. The highest BCUT2D eigenvalue weighted by atomic mass is 32.1. The van der Waals surface area contributed by atoms with Gasteiger partial charge in [0.2, 0.25) is 0 Å². The number of H-pyrrole nitrogens is 1. The molecule has 1 unspecified atom stereocenters. The van der Waals surface area contributed by atoms with Gasteiger partial charge in [0, 0.05) is 17.0 Å². The second-order valence-corrected chi connectivity index (χ2v) is 6.67. The average molecular weight is 357 g/mol. The van der Waals surface area contributed by atoms with E-state index in [1.165, 1.54) is 0 Å². The molecule has 0 saturated carbocycles. The van der Waals surface area contributed by atoms with Crippen LogP contribution in [0, 0.1) is 0 Å². The number of carbonyl (C=O) groups excluding carboxylic acids is 1. The number of aromatic nitrogens is 2. The first-order valence-electron chi connectivity index (χ1n) is 8.16. The van der Waals surface area contributed by atoms with Crippen molar-refractivity contribution in [3.63, 3.8) is 0 Å². The number of amides is 1. The maximum absolute atomic E-state index is 12.6. The maximum atomic E-state index is 12.6. The highest BCUT2D eigenvalue weighted by Crippen LogP contribution is 2.22. The summed E-state index contributed by atoms with van der Waals surface area (Å²) in [5, 5.41) is 5.37. The van der Waals surface area contributed by atoms with E-state index >= 15 is 0 Å². The van der Waals surface area contributed by atoms with Crippen molar-refractivity contribution in [3.8, 4) is 0 Å². The van der Waals surface area contributed by atoms with Crippen molar-refractivity contribution in [1.29, 1.82) is 0 Å². The Balaban J connectivity index is 1.95. The van der Waals surface area contributed by atoms with Crippen LogP contribution in [0.5, 0.6) is 0 Å². The summed E-state index contributed by atoms with van der Waals surface area (Å²) in [5.74, 6) is -0.234. The minimum Gasteiger partial charge on any atom is -0.344 e. The van der Waals surface area contributed by atoms with E-state index in [2.05, 4.69) is 10.3 Å². The predicted octanol–water partition coefficient (Wildman–Crippen LogP) is 2.65. The molecule has 1 aromatic carbocycles. The number of benzene rings is 1. The Hall–Kier alpha value is -2.67. The van der Waals surface area contributed by atoms with Gasteiger partial charge in [0.15, 0.2) is 0 Å². The van der Waals surface area contributed by atoms with Crippen LogP contribution in [0.25, 0.3) is 10.9 Å². The average Bonchev–Trinajstić information content (AvgIpc) is 3.13. The summed E-state index contributed by atoms with van der Waals surface area (Å²) in [6.07, 6.45) is 0.776. The summed E-state index contributed by atoms with van der Waals surface area (Å²) in [7, 11) is 0. The third-order valence-electron chi connectivity index (χ3n) is 4.16. The van der Waals surface area contributed by atoms with Crippen molar-refractivity contribution >= 4 is 28.1 Å². The fraction of sp³-hybridized carbons (Fsp3) is 0.278. The fourth-order valence-corrected chi connectivity index (χ4v) is 3.65. The molecular formula is C18H19N3O3S.